The fraction of sp³-hybridized carbons (Fsp3) is 0.316. The summed E-state index contributed by atoms with van der Waals surface area (Å²) in [7, 11) is 1.47. The van der Waals surface area contributed by atoms with Crippen molar-refractivity contribution >= 4 is 23.4 Å². The van der Waals surface area contributed by atoms with Crippen molar-refractivity contribution in [2.45, 2.75) is 18.6 Å². The number of carbonyl (C=O) groups is 2. The van der Waals surface area contributed by atoms with Crippen LogP contribution in [0, 0.1) is 0 Å². The summed E-state index contributed by atoms with van der Waals surface area (Å²) in [5, 5.41) is 2.53. The number of nitrogens with zero attached hydrogens (tertiary/aromatic N) is 4. The number of hydrogen-bond acceptors (Lipinski definition) is 6. The molecule has 2 atom stereocenters. The Hall–Kier alpha value is -2.98. The maximum Gasteiger partial charge on any atom is 0.269 e. The number of carbonyl (C=O) groups excluding carboxylic acids is 2. The van der Waals surface area contributed by atoms with Gasteiger partial charge in [-0.2, -0.15) is 0 Å². The van der Waals surface area contributed by atoms with E-state index in [0.29, 0.717) is 17.0 Å². The first-order valence-electron chi connectivity index (χ1n) is 8.89. The Balaban J connectivity index is 1.97. The molecule has 8 nitrogen and oxygen atoms in total. The predicted molar refractivity (Wildman–Crippen MR) is 104 cm³/mol. The lowest BCUT2D eigenvalue weighted by Gasteiger charge is -2.37. The van der Waals surface area contributed by atoms with Gasteiger partial charge in [0, 0.05) is 7.05 Å². The average molecular weight is 438 g/mol. The van der Waals surface area contributed by atoms with Crippen molar-refractivity contribution in [1.82, 2.24) is 25.2 Å². The van der Waals surface area contributed by atoms with Crippen LogP contribution in [0.3, 0.4) is 0 Å². The van der Waals surface area contributed by atoms with E-state index >= 15 is 0 Å². The third-order valence-corrected chi connectivity index (χ3v) is 4.66. The number of hydrogen-bond donors (Lipinski definition) is 1. The lowest BCUT2D eigenvalue weighted by atomic mass is 10.1. The fourth-order valence-electron chi connectivity index (χ4n) is 3.00. The molecule has 2 aromatic rings. The van der Waals surface area contributed by atoms with Crippen LogP contribution in [0.25, 0.3) is 11.4 Å². The average Bonchev–Trinajstić information content (AvgIpc) is 2.77. The quantitative estimate of drug-likeness (QED) is 0.569. The van der Waals surface area contributed by atoms with E-state index in [1.54, 1.807) is 6.07 Å². The van der Waals surface area contributed by atoms with Crippen LogP contribution in [-0.4, -0.2) is 64.3 Å². The van der Waals surface area contributed by atoms with Crippen LogP contribution >= 0.6 is 11.6 Å². The number of morpholine rings is 1. The first-order valence-corrected chi connectivity index (χ1v) is 9.27. The van der Waals surface area contributed by atoms with Gasteiger partial charge in [0.15, 0.2) is 0 Å². The summed E-state index contributed by atoms with van der Waals surface area (Å²) < 4.78 is 32.2. The van der Waals surface area contributed by atoms with Crippen LogP contribution in [-0.2, 0) is 9.53 Å². The zero-order chi connectivity index (χ0) is 21.8. The van der Waals surface area contributed by atoms with Crippen molar-refractivity contribution in [2.24, 2.45) is 0 Å². The molecule has 3 rings (SSSR count). The lowest BCUT2D eigenvalue weighted by Crippen LogP contribution is -2.48. The molecule has 1 aliphatic rings. The minimum atomic E-state index is -2.78. The highest BCUT2D eigenvalue weighted by Crippen LogP contribution is 2.31. The van der Waals surface area contributed by atoms with Crippen LogP contribution in [0.1, 0.15) is 22.2 Å². The lowest BCUT2D eigenvalue weighted by molar-refractivity contribution is -0.159. The minimum Gasteiger partial charge on any atom is -0.361 e. The van der Waals surface area contributed by atoms with E-state index in [0.717, 1.165) is 6.08 Å². The van der Waals surface area contributed by atoms with Crippen LogP contribution in [0.15, 0.2) is 37.2 Å². The van der Waals surface area contributed by atoms with Crippen molar-refractivity contribution < 1.29 is 23.1 Å². The molecule has 1 saturated heterocycles. The van der Waals surface area contributed by atoms with Crippen molar-refractivity contribution in [3.05, 3.63) is 53.6 Å². The summed E-state index contributed by atoms with van der Waals surface area (Å²) in [5.41, 5.74) is 1.18. The van der Waals surface area contributed by atoms with E-state index in [9.17, 15) is 18.4 Å². The molecule has 1 aliphatic heterocycles. The highest BCUT2D eigenvalue weighted by Gasteiger charge is 2.35. The molecule has 2 amide bonds. The van der Waals surface area contributed by atoms with Crippen molar-refractivity contribution in [3.8, 4) is 11.4 Å². The number of alkyl halides is 2. The molecule has 3 heterocycles. The summed E-state index contributed by atoms with van der Waals surface area (Å²) in [6, 6.07) is 4.47. The number of halogens is 3. The Morgan fingerprint density at radius 3 is 2.73 bits per heavy atom. The maximum atomic E-state index is 13.3. The van der Waals surface area contributed by atoms with Crippen LogP contribution in [0.2, 0.25) is 5.15 Å². The zero-order valence-corrected chi connectivity index (χ0v) is 16.6. The second-order valence-corrected chi connectivity index (χ2v) is 6.81. The summed E-state index contributed by atoms with van der Waals surface area (Å²) in [4.78, 5) is 37.3. The summed E-state index contributed by atoms with van der Waals surface area (Å²) in [6.45, 7) is 3.20. The Kier molecular flexibility index (Phi) is 6.68. The SMILES string of the molecule is C=CC(=O)N1C[C@@H](c2cc(Cl)nc(-c3cc(C(=O)NC)ncn3)c2)O[C@@H](C(F)F)C1. The predicted octanol–water partition coefficient (Wildman–Crippen LogP) is 2.27. The van der Waals surface area contributed by atoms with E-state index in [1.165, 1.54) is 30.4 Å². The molecule has 0 spiro atoms. The molecule has 1 fully saturated rings. The molecule has 0 bridgehead atoms. The fourth-order valence-corrected chi connectivity index (χ4v) is 3.22. The molecule has 0 radical (unpaired) electrons. The standard InChI is InChI=1S/C19H18ClF2N5O3/c1-3-17(28)27-7-14(30-15(8-27)18(21)22)10-4-12(26-16(20)5-10)11-6-13(19(29)23-2)25-9-24-11/h3-6,9,14-15,18H,1,7-8H2,2H3,(H,23,29)/t14-,15+/m0/s1. The first kappa shape index (κ1) is 21.7. The van der Waals surface area contributed by atoms with Gasteiger partial charge in [-0.15, -0.1) is 0 Å². The second kappa shape index (κ2) is 9.23. The topological polar surface area (TPSA) is 97.3 Å². The molecular formula is C19H18ClF2N5O3. The van der Waals surface area contributed by atoms with E-state index in [4.69, 9.17) is 16.3 Å². The molecule has 1 N–H and O–H groups in total. The minimum absolute atomic E-state index is 0.0428. The van der Waals surface area contributed by atoms with Gasteiger partial charge < -0.3 is 15.0 Å². The molecular weight excluding hydrogens is 420 g/mol. The van der Waals surface area contributed by atoms with Gasteiger partial charge in [0.25, 0.3) is 12.3 Å². The number of rotatable bonds is 5. The zero-order valence-electron chi connectivity index (χ0n) is 15.9. The first-order chi connectivity index (χ1) is 14.3. The molecule has 158 valence electrons. The number of aromatic nitrogens is 3. The molecule has 0 aromatic carbocycles. The summed E-state index contributed by atoms with van der Waals surface area (Å²) >= 11 is 6.14. The van der Waals surface area contributed by atoms with Crippen molar-refractivity contribution in [3.63, 3.8) is 0 Å². The number of pyridine rings is 1. The van der Waals surface area contributed by atoms with Crippen LogP contribution < -0.4 is 5.32 Å². The van der Waals surface area contributed by atoms with Crippen LogP contribution in [0.5, 0.6) is 0 Å². The third kappa shape index (κ3) is 4.77. The number of nitrogens with one attached hydrogen (secondary N) is 1. The van der Waals surface area contributed by atoms with Gasteiger partial charge in [0.2, 0.25) is 5.91 Å². The molecule has 0 unspecified atom stereocenters. The van der Waals surface area contributed by atoms with Gasteiger partial charge in [0.05, 0.1) is 24.5 Å². The van der Waals surface area contributed by atoms with E-state index < -0.39 is 30.4 Å². The normalized spacial score (nSPS) is 18.9. The Morgan fingerprint density at radius 1 is 1.30 bits per heavy atom. The molecule has 0 aliphatic carbocycles. The molecule has 30 heavy (non-hydrogen) atoms. The summed E-state index contributed by atoms with van der Waals surface area (Å²) in [6.07, 6.45) is -2.82. The molecule has 2 aromatic heterocycles. The van der Waals surface area contributed by atoms with Gasteiger partial charge in [-0.1, -0.05) is 18.2 Å². The largest absolute Gasteiger partial charge is 0.361 e. The highest BCUT2D eigenvalue weighted by atomic mass is 35.5. The molecule has 11 heteroatoms. The maximum absolute atomic E-state index is 13.3. The number of amides is 2. The Labute approximate surface area is 175 Å². The van der Waals surface area contributed by atoms with E-state index in [2.05, 4.69) is 26.8 Å². The monoisotopic (exact) mass is 437 g/mol. The summed E-state index contributed by atoms with van der Waals surface area (Å²) in [5.74, 6) is -0.879. The Bertz CT molecular complexity index is 975. The van der Waals surface area contributed by atoms with E-state index in [-0.39, 0.29) is 23.9 Å². The Morgan fingerprint density at radius 2 is 2.07 bits per heavy atom. The van der Waals surface area contributed by atoms with Gasteiger partial charge in [-0.25, -0.2) is 23.7 Å². The van der Waals surface area contributed by atoms with Crippen molar-refractivity contribution in [2.75, 3.05) is 20.1 Å². The smallest absolute Gasteiger partial charge is 0.269 e. The highest BCUT2D eigenvalue weighted by molar-refractivity contribution is 6.29. The third-order valence-electron chi connectivity index (χ3n) is 4.47. The van der Waals surface area contributed by atoms with Gasteiger partial charge in [0.1, 0.15) is 29.4 Å². The van der Waals surface area contributed by atoms with Gasteiger partial charge in [-0.3, -0.25) is 9.59 Å². The van der Waals surface area contributed by atoms with E-state index in [1.807, 2.05) is 0 Å². The molecule has 0 saturated carbocycles. The number of ether oxygens (including phenoxy) is 1. The second-order valence-electron chi connectivity index (χ2n) is 6.42. The van der Waals surface area contributed by atoms with Gasteiger partial charge in [-0.05, 0) is 29.8 Å². The van der Waals surface area contributed by atoms with Crippen LogP contribution in [0.4, 0.5) is 8.78 Å². The van der Waals surface area contributed by atoms with Gasteiger partial charge >= 0.3 is 0 Å². The van der Waals surface area contributed by atoms with Crippen molar-refractivity contribution in [1.29, 1.82) is 0 Å².